The number of rotatable bonds is 4. The normalized spacial score (nSPS) is 13.4. The highest BCUT2D eigenvalue weighted by molar-refractivity contribution is 9.09. The SMILES string of the molecule is Nc1nc(CC2CC2)cs1.O=C(CBr)c1ccccc1Cl. The fourth-order valence-electron chi connectivity index (χ4n) is 1.79. The van der Waals surface area contributed by atoms with E-state index >= 15 is 0 Å². The first-order valence-electron chi connectivity index (χ1n) is 6.63. The van der Waals surface area contributed by atoms with Crippen molar-refractivity contribution in [3.63, 3.8) is 0 Å². The molecule has 1 heterocycles. The molecule has 0 saturated heterocycles. The van der Waals surface area contributed by atoms with E-state index in [1.165, 1.54) is 18.5 Å². The van der Waals surface area contributed by atoms with E-state index in [9.17, 15) is 4.79 Å². The van der Waals surface area contributed by atoms with Crippen molar-refractivity contribution in [2.75, 3.05) is 11.1 Å². The Bertz CT molecular complexity index is 613. The summed E-state index contributed by atoms with van der Waals surface area (Å²) in [5, 5.41) is 3.59. The molecule has 1 aliphatic carbocycles. The van der Waals surface area contributed by atoms with Crippen LogP contribution < -0.4 is 5.73 Å². The first-order chi connectivity index (χ1) is 10.1. The van der Waals surface area contributed by atoms with Gasteiger partial charge in [0.15, 0.2) is 10.9 Å². The van der Waals surface area contributed by atoms with Gasteiger partial charge < -0.3 is 5.73 Å². The zero-order valence-electron chi connectivity index (χ0n) is 11.4. The lowest BCUT2D eigenvalue weighted by atomic mass is 10.1. The largest absolute Gasteiger partial charge is 0.375 e. The fraction of sp³-hybridized carbons (Fsp3) is 0.333. The second kappa shape index (κ2) is 7.92. The summed E-state index contributed by atoms with van der Waals surface area (Å²) in [6, 6.07) is 7.01. The van der Waals surface area contributed by atoms with E-state index in [1.807, 2.05) is 0 Å². The number of carbonyl (C=O) groups is 1. The van der Waals surface area contributed by atoms with Crippen LogP contribution in [0.1, 0.15) is 28.9 Å². The molecule has 0 amide bonds. The van der Waals surface area contributed by atoms with Gasteiger partial charge in [-0.05, 0) is 37.3 Å². The maximum Gasteiger partial charge on any atom is 0.180 e. The van der Waals surface area contributed by atoms with Crippen molar-refractivity contribution in [2.24, 2.45) is 5.92 Å². The summed E-state index contributed by atoms with van der Waals surface area (Å²) in [5.41, 5.74) is 7.24. The lowest BCUT2D eigenvalue weighted by molar-refractivity contribution is 0.102. The van der Waals surface area contributed by atoms with Crippen LogP contribution in [0.2, 0.25) is 5.02 Å². The third-order valence-electron chi connectivity index (χ3n) is 3.06. The average molecular weight is 388 g/mol. The summed E-state index contributed by atoms with van der Waals surface area (Å²) in [6.07, 6.45) is 3.92. The molecular formula is C15H16BrClN2OS. The van der Waals surface area contributed by atoms with Gasteiger partial charge in [-0.1, -0.05) is 39.7 Å². The molecule has 2 N–H and O–H groups in total. The van der Waals surface area contributed by atoms with Gasteiger partial charge in [-0.25, -0.2) is 4.98 Å². The summed E-state index contributed by atoms with van der Waals surface area (Å²) >= 11 is 10.4. The molecule has 0 unspecified atom stereocenters. The summed E-state index contributed by atoms with van der Waals surface area (Å²) in [5.74, 6) is 0.928. The van der Waals surface area contributed by atoms with E-state index in [4.69, 9.17) is 17.3 Å². The number of Topliss-reactive ketones (excluding diaryl/α,β-unsaturated/α-hetero) is 1. The second-order valence-corrected chi connectivity index (χ2v) is 6.72. The number of ketones is 1. The minimum absolute atomic E-state index is 0.00981. The van der Waals surface area contributed by atoms with E-state index in [0.717, 1.165) is 12.3 Å². The van der Waals surface area contributed by atoms with Crippen molar-refractivity contribution in [3.8, 4) is 0 Å². The van der Waals surface area contributed by atoms with Crippen molar-refractivity contribution >= 4 is 49.8 Å². The molecule has 0 spiro atoms. The third kappa shape index (κ3) is 5.41. The molecule has 3 nitrogen and oxygen atoms in total. The Kier molecular flexibility index (Phi) is 6.21. The Balaban J connectivity index is 0.000000154. The number of hydrogen-bond acceptors (Lipinski definition) is 4. The Hall–Kier alpha value is -0.910. The molecule has 1 saturated carbocycles. The summed E-state index contributed by atoms with van der Waals surface area (Å²) < 4.78 is 0. The molecule has 3 rings (SSSR count). The zero-order chi connectivity index (χ0) is 15.2. The Morgan fingerprint density at radius 1 is 1.43 bits per heavy atom. The van der Waals surface area contributed by atoms with Crippen molar-refractivity contribution in [1.29, 1.82) is 0 Å². The van der Waals surface area contributed by atoms with Crippen LogP contribution in [0.15, 0.2) is 29.6 Å². The number of thiazole rings is 1. The molecule has 2 aromatic rings. The van der Waals surface area contributed by atoms with E-state index in [1.54, 1.807) is 35.6 Å². The topological polar surface area (TPSA) is 56.0 Å². The fourth-order valence-corrected chi connectivity index (χ4v) is 2.91. The summed E-state index contributed by atoms with van der Waals surface area (Å²) in [4.78, 5) is 15.3. The number of nitrogen functional groups attached to an aromatic ring is 1. The standard InChI is InChI=1S/C8H6BrClO.C7H10N2S/c9-5-8(11)6-3-1-2-4-7(6)10;8-7-9-6(4-10-7)3-5-1-2-5/h1-4H,5H2;4-5H,1-3H2,(H2,8,9). The van der Waals surface area contributed by atoms with Gasteiger partial charge in [-0.3, -0.25) is 4.79 Å². The minimum atomic E-state index is 0.00981. The van der Waals surface area contributed by atoms with Gasteiger partial charge in [0.25, 0.3) is 0 Å². The molecule has 0 atom stereocenters. The van der Waals surface area contributed by atoms with Crippen LogP contribution in [0, 0.1) is 5.92 Å². The van der Waals surface area contributed by atoms with Gasteiger partial charge in [0.1, 0.15) is 0 Å². The number of hydrogen-bond donors (Lipinski definition) is 1. The molecular weight excluding hydrogens is 372 g/mol. The molecule has 1 aromatic carbocycles. The molecule has 1 aromatic heterocycles. The Morgan fingerprint density at radius 3 is 2.67 bits per heavy atom. The Labute approximate surface area is 141 Å². The third-order valence-corrected chi connectivity index (χ3v) is 4.62. The molecule has 0 radical (unpaired) electrons. The number of aromatic nitrogens is 1. The predicted molar refractivity (Wildman–Crippen MR) is 92.5 cm³/mol. The van der Waals surface area contributed by atoms with Crippen LogP contribution in [-0.4, -0.2) is 16.1 Å². The number of nitrogens with zero attached hydrogens (tertiary/aromatic N) is 1. The van der Waals surface area contributed by atoms with Crippen LogP contribution in [0.5, 0.6) is 0 Å². The molecule has 0 aliphatic heterocycles. The number of nitrogens with two attached hydrogens (primary N) is 1. The van der Waals surface area contributed by atoms with Crippen molar-refractivity contribution in [1.82, 2.24) is 4.98 Å². The van der Waals surface area contributed by atoms with Crippen LogP contribution in [0.25, 0.3) is 0 Å². The monoisotopic (exact) mass is 386 g/mol. The number of halogens is 2. The number of alkyl halides is 1. The van der Waals surface area contributed by atoms with Gasteiger partial charge >= 0.3 is 0 Å². The van der Waals surface area contributed by atoms with E-state index in [-0.39, 0.29) is 5.78 Å². The lowest BCUT2D eigenvalue weighted by Crippen LogP contribution is -1.99. The second-order valence-electron chi connectivity index (χ2n) is 4.86. The van der Waals surface area contributed by atoms with Crippen molar-refractivity contribution < 1.29 is 4.79 Å². The first kappa shape index (κ1) is 16.5. The van der Waals surface area contributed by atoms with Gasteiger partial charge in [0, 0.05) is 10.9 Å². The summed E-state index contributed by atoms with van der Waals surface area (Å²) in [7, 11) is 0. The quantitative estimate of drug-likeness (QED) is 0.616. The number of carbonyl (C=O) groups excluding carboxylic acids is 1. The van der Waals surface area contributed by atoms with Gasteiger partial charge in [-0.2, -0.15) is 0 Å². The van der Waals surface area contributed by atoms with Crippen molar-refractivity contribution in [3.05, 3.63) is 45.9 Å². The zero-order valence-corrected chi connectivity index (χ0v) is 14.5. The van der Waals surface area contributed by atoms with Crippen LogP contribution >= 0.6 is 38.9 Å². The van der Waals surface area contributed by atoms with Crippen LogP contribution in [0.3, 0.4) is 0 Å². The Morgan fingerprint density at radius 2 is 2.14 bits per heavy atom. The van der Waals surface area contributed by atoms with Crippen LogP contribution in [-0.2, 0) is 6.42 Å². The van der Waals surface area contributed by atoms with Gasteiger partial charge in [0.2, 0.25) is 0 Å². The molecule has 1 aliphatic rings. The number of benzene rings is 1. The lowest BCUT2D eigenvalue weighted by Gasteiger charge is -1.97. The van der Waals surface area contributed by atoms with Crippen molar-refractivity contribution in [2.45, 2.75) is 19.3 Å². The predicted octanol–water partition coefficient (Wildman–Crippen LogP) is 4.60. The van der Waals surface area contributed by atoms with E-state index in [2.05, 4.69) is 26.3 Å². The molecule has 1 fully saturated rings. The average Bonchev–Trinajstić information content (AvgIpc) is 3.20. The maximum absolute atomic E-state index is 11.1. The molecule has 112 valence electrons. The summed E-state index contributed by atoms with van der Waals surface area (Å²) in [6.45, 7) is 0. The highest BCUT2D eigenvalue weighted by Crippen LogP contribution is 2.32. The molecule has 6 heteroatoms. The minimum Gasteiger partial charge on any atom is -0.375 e. The van der Waals surface area contributed by atoms with Gasteiger partial charge in [-0.15, -0.1) is 11.3 Å². The van der Waals surface area contributed by atoms with Gasteiger partial charge in [0.05, 0.1) is 16.0 Å². The molecule has 21 heavy (non-hydrogen) atoms. The maximum atomic E-state index is 11.1. The first-order valence-corrected chi connectivity index (χ1v) is 9.01. The number of anilines is 1. The highest BCUT2D eigenvalue weighted by atomic mass is 79.9. The van der Waals surface area contributed by atoms with E-state index < -0.39 is 0 Å². The molecule has 0 bridgehead atoms. The van der Waals surface area contributed by atoms with E-state index in [0.29, 0.717) is 21.0 Å². The smallest absolute Gasteiger partial charge is 0.180 e. The highest BCUT2D eigenvalue weighted by Gasteiger charge is 2.22. The van der Waals surface area contributed by atoms with Crippen LogP contribution in [0.4, 0.5) is 5.13 Å².